The highest BCUT2D eigenvalue weighted by Crippen LogP contribution is 2.26. The second-order valence-corrected chi connectivity index (χ2v) is 6.31. The molecule has 0 aliphatic rings. The number of hydrogen-bond acceptors (Lipinski definition) is 4. The molecule has 0 radical (unpaired) electrons. The van der Waals surface area contributed by atoms with Crippen molar-refractivity contribution in [3.63, 3.8) is 0 Å². The number of nitriles is 1. The Bertz CT molecular complexity index is 1090. The number of hydrogen-bond donors (Lipinski definition) is 1. The van der Waals surface area contributed by atoms with E-state index in [1.165, 1.54) is 0 Å². The van der Waals surface area contributed by atoms with E-state index in [1.807, 2.05) is 66.7 Å². The molecule has 1 atom stereocenters. The number of aromatic nitrogens is 3. The van der Waals surface area contributed by atoms with E-state index in [9.17, 15) is 5.26 Å². The lowest BCUT2D eigenvalue weighted by molar-refractivity contribution is 0.920. The normalized spacial score (nSPS) is 11.9. The molecule has 2 heterocycles. The first-order valence-corrected chi connectivity index (χ1v) is 8.93. The van der Waals surface area contributed by atoms with E-state index in [0.717, 1.165) is 40.4 Å². The van der Waals surface area contributed by atoms with Gasteiger partial charge in [0.05, 0.1) is 18.2 Å². The minimum Gasteiger partial charge on any atom is -0.340 e. The van der Waals surface area contributed by atoms with Crippen molar-refractivity contribution < 1.29 is 0 Å². The van der Waals surface area contributed by atoms with Crippen LogP contribution in [0.2, 0.25) is 0 Å². The highest BCUT2D eigenvalue weighted by atomic mass is 15.3. The molecule has 5 heteroatoms. The number of rotatable bonds is 5. The lowest BCUT2D eigenvalue weighted by Gasteiger charge is -2.13. The molecule has 0 aliphatic carbocycles. The van der Waals surface area contributed by atoms with Crippen LogP contribution < -0.4 is 5.32 Å². The topological polar surface area (TPSA) is 66.0 Å². The predicted molar refractivity (Wildman–Crippen MR) is 106 cm³/mol. The van der Waals surface area contributed by atoms with Gasteiger partial charge in [0, 0.05) is 23.5 Å². The maximum Gasteiger partial charge on any atom is 0.157 e. The maximum atomic E-state index is 9.61. The van der Waals surface area contributed by atoms with Gasteiger partial charge in [-0.3, -0.25) is 0 Å². The third-order valence-electron chi connectivity index (χ3n) is 4.55. The molecular weight excluding hydrogens is 334 g/mol. The summed E-state index contributed by atoms with van der Waals surface area (Å²) in [4.78, 5) is 4.56. The molecule has 2 aromatic carbocycles. The van der Waals surface area contributed by atoms with Gasteiger partial charge < -0.3 is 5.32 Å². The van der Waals surface area contributed by atoms with Crippen LogP contribution in [0.5, 0.6) is 0 Å². The highest BCUT2D eigenvalue weighted by Gasteiger charge is 2.13. The molecule has 0 bridgehead atoms. The molecule has 0 fully saturated rings. The standard InChI is InChI=1S/C22H19N5/c1-2-18-14-22(27-21(25-18)12-13-24-27)26-19-10-8-17(9-11-19)20(15-23)16-6-4-3-5-7-16/h3-14,20,26H,2H2,1H3. The fourth-order valence-corrected chi connectivity index (χ4v) is 3.13. The van der Waals surface area contributed by atoms with Gasteiger partial charge in [0.25, 0.3) is 0 Å². The third-order valence-corrected chi connectivity index (χ3v) is 4.55. The minimum absolute atomic E-state index is 0.273. The van der Waals surface area contributed by atoms with Crippen LogP contribution in [0.25, 0.3) is 5.65 Å². The number of nitrogens with zero attached hydrogens (tertiary/aromatic N) is 4. The lowest BCUT2D eigenvalue weighted by Crippen LogP contribution is -2.04. The van der Waals surface area contributed by atoms with Crippen molar-refractivity contribution in [3.8, 4) is 6.07 Å². The SMILES string of the molecule is CCc1cc(Nc2ccc(C(C#N)c3ccccc3)cc2)n2nccc2n1. The van der Waals surface area contributed by atoms with E-state index in [0.29, 0.717) is 0 Å². The van der Waals surface area contributed by atoms with Gasteiger partial charge in [-0.15, -0.1) is 0 Å². The molecule has 1 N–H and O–H groups in total. The zero-order valence-electron chi connectivity index (χ0n) is 15.0. The summed E-state index contributed by atoms with van der Waals surface area (Å²) in [6, 6.07) is 24.1. The summed E-state index contributed by atoms with van der Waals surface area (Å²) in [5.74, 6) is 0.597. The Hall–Kier alpha value is -3.65. The van der Waals surface area contributed by atoms with Crippen molar-refractivity contribution in [2.75, 3.05) is 5.32 Å². The molecule has 27 heavy (non-hydrogen) atoms. The van der Waals surface area contributed by atoms with Crippen LogP contribution in [0.3, 0.4) is 0 Å². The third kappa shape index (κ3) is 3.38. The molecule has 0 saturated carbocycles. The summed E-state index contributed by atoms with van der Waals surface area (Å²) in [5, 5.41) is 17.4. The Kier molecular flexibility index (Phi) is 4.54. The number of benzene rings is 2. The van der Waals surface area contributed by atoms with Gasteiger partial charge in [0.15, 0.2) is 5.65 Å². The zero-order valence-corrected chi connectivity index (χ0v) is 15.0. The Morgan fingerprint density at radius 1 is 1.04 bits per heavy atom. The van der Waals surface area contributed by atoms with Crippen LogP contribution in [0.15, 0.2) is 72.9 Å². The van der Waals surface area contributed by atoms with Crippen LogP contribution in [0.4, 0.5) is 11.5 Å². The van der Waals surface area contributed by atoms with Gasteiger partial charge in [0.2, 0.25) is 0 Å². The van der Waals surface area contributed by atoms with Crippen molar-refractivity contribution in [2.45, 2.75) is 19.3 Å². The van der Waals surface area contributed by atoms with Crippen LogP contribution in [-0.2, 0) is 6.42 Å². The first kappa shape index (κ1) is 16.8. The molecule has 5 nitrogen and oxygen atoms in total. The second-order valence-electron chi connectivity index (χ2n) is 6.31. The van der Waals surface area contributed by atoms with Gasteiger partial charge >= 0.3 is 0 Å². The summed E-state index contributed by atoms with van der Waals surface area (Å²) in [6.45, 7) is 2.08. The Morgan fingerprint density at radius 3 is 2.48 bits per heavy atom. The molecule has 0 spiro atoms. The molecule has 0 amide bonds. The van der Waals surface area contributed by atoms with E-state index >= 15 is 0 Å². The van der Waals surface area contributed by atoms with Crippen LogP contribution in [0.1, 0.15) is 29.7 Å². The maximum absolute atomic E-state index is 9.61. The van der Waals surface area contributed by atoms with Crippen molar-refractivity contribution in [1.82, 2.24) is 14.6 Å². The van der Waals surface area contributed by atoms with E-state index in [2.05, 4.69) is 28.4 Å². The summed E-state index contributed by atoms with van der Waals surface area (Å²) in [7, 11) is 0. The summed E-state index contributed by atoms with van der Waals surface area (Å²) in [5.41, 5.74) is 4.74. The van der Waals surface area contributed by atoms with Gasteiger partial charge in [0.1, 0.15) is 5.82 Å². The Labute approximate surface area is 157 Å². The minimum atomic E-state index is -0.273. The number of aryl methyl sites for hydroxylation is 1. The van der Waals surface area contributed by atoms with Gasteiger partial charge in [-0.05, 0) is 29.7 Å². The van der Waals surface area contributed by atoms with Crippen molar-refractivity contribution in [3.05, 3.63) is 89.7 Å². The van der Waals surface area contributed by atoms with Crippen LogP contribution >= 0.6 is 0 Å². The Morgan fingerprint density at radius 2 is 1.78 bits per heavy atom. The van der Waals surface area contributed by atoms with Crippen molar-refractivity contribution in [2.24, 2.45) is 0 Å². The van der Waals surface area contributed by atoms with Crippen LogP contribution in [-0.4, -0.2) is 14.6 Å². The largest absolute Gasteiger partial charge is 0.340 e. The summed E-state index contributed by atoms with van der Waals surface area (Å²) >= 11 is 0. The van der Waals surface area contributed by atoms with E-state index < -0.39 is 0 Å². The van der Waals surface area contributed by atoms with E-state index in [-0.39, 0.29) is 5.92 Å². The van der Waals surface area contributed by atoms with Crippen LogP contribution in [0, 0.1) is 11.3 Å². The molecule has 132 valence electrons. The smallest absolute Gasteiger partial charge is 0.157 e. The van der Waals surface area contributed by atoms with Gasteiger partial charge in [-0.25, -0.2) is 4.98 Å². The Balaban J connectivity index is 1.62. The molecule has 1 unspecified atom stereocenters. The molecule has 0 aliphatic heterocycles. The molecule has 0 saturated heterocycles. The van der Waals surface area contributed by atoms with E-state index in [1.54, 1.807) is 10.7 Å². The fourth-order valence-electron chi connectivity index (χ4n) is 3.13. The van der Waals surface area contributed by atoms with Gasteiger partial charge in [-0.1, -0.05) is 49.4 Å². The fraction of sp³-hybridized carbons (Fsp3) is 0.136. The predicted octanol–water partition coefficient (Wildman–Crippen LogP) is 4.69. The number of fused-ring (bicyclic) bond motifs is 1. The van der Waals surface area contributed by atoms with E-state index in [4.69, 9.17) is 0 Å². The summed E-state index contributed by atoms with van der Waals surface area (Å²) < 4.78 is 1.79. The lowest BCUT2D eigenvalue weighted by atomic mass is 9.92. The molecule has 4 aromatic rings. The number of anilines is 2. The average Bonchev–Trinajstić information content (AvgIpc) is 3.19. The molecular formula is C22H19N5. The first-order chi connectivity index (χ1) is 13.3. The molecule has 2 aromatic heterocycles. The first-order valence-electron chi connectivity index (χ1n) is 8.93. The average molecular weight is 353 g/mol. The van der Waals surface area contributed by atoms with Gasteiger partial charge in [-0.2, -0.15) is 14.9 Å². The van der Waals surface area contributed by atoms with Crippen molar-refractivity contribution >= 4 is 17.2 Å². The molecule has 4 rings (SSSR count). The monoisotopic (exact) mass is 353 g/mol. The summed E-state index contributed by atoms with van der Waals surface area (Å²) in [6.07, 6.45) is 2.60. The quantitative estimate of drug-likeness (QED) is 0.565. The zero-order chi connectivity index (χ0) is 18.6. The highest BCUT2D eigenvalue weighted by molar-refractivity contribution is 5.60. The number of nitrogens with one attached hydrogen (secondary N) is 1. The second kappa shape index (κ2) is 7.30. The van der Waals surface area contributed by atoms with Crippen molar-refractivity contribution in [1.29, 1.82) is 5.26 Å².